The molecular weight excluding hydrogens is 358 g/mol. The van der Waals surface area contributed by atoms with Gasteiger partial charge in [-0.1, -0.05) is 60.7 Å². The van der Waals surface area contributed by atoms with Crippen molar-refractivity contribution in [2.24, 2.45) is 0 Å². The first-order valence-corrected chi connectivity index (χ1v) is 9.39. The summed E-state index contributed by atoms with van der Waals surface area (Å²) in [6.07, 6.45) is -0.225. The maximum Gasteiger partial charge on any atom is 0.411 e. The Morgan fingerprint density at radius 1 is 1.00 bits per heavy atom. The molecule has 0 N–H and O–H groups in total. The molecule has 0 spiro atoms. The van der Waals surface area contributed by atoms with Crippen molar-refractivity contribution in [2.45, 2.75) is 43.7 Å². The van der Waals surface area contributed by atoms with E-state index in [0.717, 1.165) is 11.1 Å². The van der Waals surface area contributed by atoms with Gasteiger partial charge < -0.3 is 14.2 Å². The molecule has 0 aliphatic carbocycles. The van der Waals surface area contributed by atoms with Gasteiger partial charge in [-0.05, 0) is 17.5 Å². The third-order valence-corrected chi connectivity index (χ3v) is 5.58. The molecule has 2 fully saturated rings. The van der Waals surface area contributed by atoms with Gasteiger partial charge in [0.1, 0.15) is 12.1 Å². The molecule has 0 unspecified atom stereocenters. The maximum atomic E-state index is 13.0. The number of methoxy groups -OCH3 is 1. The average Bonchev–Trinajstić information content (AvgIpc) is 3.06. The molecule has 2 aliphatic rings. The smallest absolute Gasteiger partial charge is 0.411 e. The molecule has 6 nitrogen and oxygen atoms in total. The monoisotopic (exact) mass is 381 g/mol. The van der Waals surface area contributed by atoms with Crippen LogP contribution in [-0.2, 0) is 19.0 Å². The van der Waals surface area contributed by atoms with Gasteiger partial charge >= 0.3 is 12.1 Å². The van der Waals surface area contributed by atoms with Crippen molar-refractivity contribution in [1.82, 2.24) is 4.90 Å². The summed E-state index contributed by atoms with van der Waals surface area (Å²) in [5.41, 5.74) is 1.87. The number of nitrogens with zero attached hydrogens (tertiary/aromatic N) is 1. The summed E-state index contributed by atoms with van der Waals surface area (Å²) in [4.78, 5) is 26.6. The molecule has 0 aromatic heterocycles. The molecule has 2 heterocycles. The van der Waals surface area contributed by atoms with E-state index in [1.165, 1.54) is 7.11 Å². The lowest BCUT2D eigenvalue weighted by atomic mass is 9.91. The summed E-state index contributed by atoms with van der Waals surface area (Å²) in [5, 5.41) is 0. The van der Waals surface area contributed by atoms with E-state index in [1.54, 1.807) is 11.8 Å². The van der Waals surface area contributed by atoms with Crippen LogP contribution >= 0.6 is 0 Å². The van der Waals surface area contributed by atoms with E-state index in [1.807, 2.05) is 60.7 Å². The van der Waals surface area contributed by atoms with Gasteiger partial charge in [0.25, 0.3) is 0 Å². The predicted octanol–water partition coefficient (Wildman–Crippen LogP) is 3.99. The summed E-state index contributed by atoms with van der Waals surface area (Å²) in [6.45, 7) is 1.69. The summed E-state index contributed by atoms with van der Waals surface area (Å²) in [6, 6.07) is 18.6. The first-order valence-electron chi connectivity index (χ1n) is 9.39. The topological polar surface area (TPSA) is 65.1 Å². The molecule has 1 amide bonds. The van der Waals surface area contributed by atoms with E-state index in [-0.39, 0.29) is 18.4 Å². The van der Waals surface area contributed by atoms with Crippen molar-refractivity contribution in [1.29, 1.82) is 0 Å². The van der Waals surface area contributed by atoms with Gasteiger partial charge in [-0.15, -0.1) is 0 Å². The third kappa shape index (κ3) is 3.14. The fraction of sp³-hybridized carbons (Fsp3) is 0.364. The predicted molar refractivity (Wildman–Crippen MR) is 101 cm³/mol. The second kappa shape index (κ2) is 7.28. The van der Waals surface area contributed by atoms with Crippen LogP contribution < -0.4 is 0 Å². The molecule has 0 bridgehead atoms. The molecule has 2 aromatic carbocycles. The van der Waals surface area contributed by atoms with Crippen molar-refractivity contribution in [2.75, 3.05) is 7.11 Å². The van der Waals surface area contributed by atoms with E-state index in [2.05, 4.69) is 0 Å². The van der Waals surface area contributed by atoms with E-state index in [4.69, 9.17) is 14.2 Å². The molecule has 28 heavy (non-hydrogen) atoms. The summed E-state index contributed by atoms with van der Waals surface area (Å²) in [7, 11) is 1.49. The lowest BCUT2D eigenvalue weighted by Crippen LogP contribution is -2.58. The molecule has 0 radical (unpaired) electrons. The quantitative estimate of drug-likeness (QED) is 0.750. The lowest BCUT2D eigenvalue weighted by molar-refractivity contribution is -0.249. The van der Waals surface area contributed by atoms with Crippen LogP contribution in [0, 0.1) is 0 Å². The molecule has 146 valence electrons. The highest BCUT2D eigenvalue weighted by molar-refractivity contribution is 5.74. The number of benzene rings is 2. The van der Waals surface area contributed by atoms with E-state index < -0.39 is 24.0 Å². The first-order chi connectivity index (χ1) is 13.5. The zero-order valence-electron chi connectivity index (χ0n) is 15.9. The van der Waals surface area contributed by atoms with Crippen molar-refractivity contribution in [3.8, 4) is 0 Å². The van der Waals surface area contributed by atoms with Gasteiger partial charge in [0.05, 0.1) is 0 Å². The molecule has 2 aromatic rings. The zero-order valence-corrected chi connectivity index (χ0v) is 15.9. The Labute approximate surface area is 164 Å². The highest BCUT2D eigenvalue weighted by Crippen LogP contribution is 2.47. The van der Waals surface area contributed by atoms with Crippen LogP contribution in [0.15, 0.2) is 60.7 Å². The fourth-order valence-corrected chi connectivity index (χ4v) is 4.12. The Kier molecular flexibility index (Phi) is 4.81. The minimum atomic E-state index is -1.23. The van der Waals surface area contributed by atoms with Crippen molar-refractivity contribution < 1.29 is 23.8 Å². The number of hydrogen-bond donors (Lipinski definition) is 0. The Balaban J connectivity index is 1.78. The average molecular weight is 381 g/mol. The second-order valence-electron chi connectivity index (χ2n) is 7.23. The first kappa shape index (κ1) is 18.5. The minimum Gasteiger partial charge on any atom is -0.439 e. The number of carbonyl (C=O) groups is 2. The largest absolute Gasteiger partial charge is 0.439 e. The molecule has 4 rings (SSSR count). The van der Waals surface area contributed by atoms with Crippen molar-refractivity contribution >= 4 is 12.1 Å². The van der Waals surface area contributed by atoms with Crippen LogP contribution in [0.4, 0.5) is 4.79 Å². The van der Waals surface area contributed by atoms with Crippen molar-refractivity contribution in [3.05, 3.63) is 71.8 Å². The summed E-state index contributed by atoms with van der Waals surface area (Å²) >= 11 is 0. The van der Waals surface area contributed by atoms with Crippen LogP contribution in [-0.4, -0.2) is 35.9 Å². The molecule has 2 aliphatic heterocycles. The molecular formula is C22H23NO5. The van der Waals surface area contributed by atoms with Gasteiger partial charge in [0, 0.05) is 20.5 Å². The normalized spacial score (nSPS) is 30.1. The number of carbonyl (C=O) groups excluding carboxylic acids is 2. The van der Waals surface area contributed by atoms with Crippen LogP contribution in [0.25, 0.3) is 0 Å². The van der Waals surface area contributed by atoms with Gasteiger partial charge in [0.2, 0.25) is 5.79 Å². The Hall–Kier alpha value is -2.86. The Morgan fingerprint density at radius 3 is 2.21 bits per heavy atom. The summed E-state index contributed by atoms with van der Waals surface area (Å²) in [5.74, 6) is -1.56. The van der Waals surface area contributed by atoms with Gasteiger partial charge in [0.15, 0.2) is 6.10 Å². The standard InChI is InChI=1S/C22H23NO5/c1-22(26-2)17(13-14-18(24)28-22)23-19(15-9-5-3-6-10-15)20(27-21(23)25)16-11-7-4-8-12-16/h3-12,17,19-20H,13-14H2,1-2H3/t17-,19-,20+,22+/m1/s1. The highest BCUT2D eigenvalue weighted by atomic mass is 16.7. The molecule has 2 saturated heterocycles. The molecule has 4 atom stereocenters. The number of amides is 1. The fourth-order valence-electron chi connectivity index (χ4n) is 4.12. The number of ether oxygens (including phenoxy) is 3. The number of hydrogen-bond acceptors (Lipinski definition) is 5. The van der Waals surface area contributed by atoms with Crippen LogP contribution in [0.2, 0.25) is 0 Å². The van der Waals surface area contributed by atoms with Crippen molar-refractivity contribution in [3.63, 3.8) is 0 Å². The van der Waals surface area contributed by atoms with Gasteiger partial charge in [-0.25, -0.2) is 4.79 Å². The zero-order chi connectivity index (χ0) is 19.7. The molecule has 0 saturated carbocycles. The van der Waals surface area contributed by atoms with Gasteiger partial charge in [-0.2, -0.15) is 0 Å². The van der Waals surface area contributed by atoms with Crippen LogP contribution in [0.1, 0.15) is 43.0 Å². The third-order valence-electron chi connectivity index (χ3n) is 5.58. The van der Waals surface area contributed by atoms with E-state index >= 15 is 0 Å². The van der Waals surface area contributed by atoms with Crippen LogP contribution in [0.5, 0.6) is 0 Å². The SMILES string of the molecule is CO[C@@]1(C)OC(=O)CC[C@H]1N1C(=O)O[C@@H](c2ccccc2)[C@H]1c1ccccc1. The lowest BCUT2D eigenvalue weighted by Gasteiger charge is -2.44. The van der Waals surface area contributed by atoms with Gasteiger partial charge in [-0.3, -0.25) is 9.69 Å². The number of rotatable bonds is 4. The number of cyclic esters (lactones) is 2. The molecule has 6 heteroatoms. The Bertz CT molecular complexity index is 856. The Morgan fingerprint density at radius 2 is 1.61 bits per heavy atom. The maximum absolute atomic E-state index is 13.0. The van der Waals surface area contributed by atoms with E-state index in [0.29, 0.717) is 6.42 Å². The van der Waals surface area contributed by atoms with Crippen LogP contribution in [0.3, 0.4) is 0 Å². The highest BCUT2D eigenvalue weighted by Gasteiger charge is 2.55. The second-order valence-corrected chi connectivity index (χ2v) is 7.23. The number of esters is 1. The minimum absolute atomic E-state index is 0.227. The summed E-state index contributed by atoms with van der Waals surface area (Å²) < 4.78 is 16.9. The van der Waals surface area contributed by atoms with E-state index in [9.17, 15) is 9.59 Å².